The summed E-state index contributed by atoms with van der Waals surface area (Å²) in [7, 11) is 5.47. The first kappa shape index (κ1) is 19.9. The molecule has 1 N–H and O–H groups in total. The van der Waals surface area contributed by atoms with Crippen LogP contribution in [0.5, 0.6) is 5.75 Å². The van der Waals surface area contributed by atoms with Crippen molar-refractivity contribution in [3.63, 3.8) is 0 Å². The van der Waals surface area contributed by atoms with Crippen molar-refractivity contribution in [3.8, 4) is 28.1 Å². The molecule has 0 aliphatic carbocycles. The standard InChI is InChI=1S/C20H22ClN5O2/c1-25(2)11-10-23-20(27)26-13-16(14-6-8-22-9-7-14)19(24-26)15-4-5-17(21)18(12-15)28-3/h4-9,12-13H,10-11H2,1-3H3,(H,23,27). The molecule has 3 rings (SSSR count). The zero-order chi connectivity index (χ0) is 20.1. The van der Waals surface area contributed by atoms with Gasteiger partial charge in [0.05, 0.1) is 12.1 Å². The molecule has 0 saturated heterocycles. The lowest BCUT2D eigenvalue weighted by molar-refractivity contribution is 0.238. The zero-order valence-corrected chi connectivity index (χ0v) is 16.8. The third-order valence-electron chi connectivity index (χ3n) is 4.17. The van der Waals surface area contributed by atoms with E-state index < -0.39 is 0 Å². The number of benzene rings is 1. The maximum Gasteiger partial charge on any atom is 0.342 e. The highest BCUT2D eigenvalue weighted by Gasteiger charge is 2.17. The molecule has 146 valence electrons. The lowest BCUT2D eigenvalue weighted by atomic mass is 10.0. The summed E-state index contributed by atoms with van der Waals surface area (Å²) in [6, 6.07) is 8.88. The van der Waals surface area contributed by atoms with Gasteiger partial charge >= 0.3 is 6.03 Å². The molecule has 0 saturated carbocycles. The molecule has 0 atom stereocenters. The molecule has 8 heteroatoms. The van der Waals surface area contributed by atoms with Crippen LogP contribution in [0.25, 0.3) is 22.4 Å². The normalized spacial score (nSPS) is 10.9. The van der Waals surface area contributed by atoms with Gasteiger partial charge in [0.2, 0.25) is 0 Å². The SMILES string of the molecule is COc1cc(-c2nn(C(=O)NCCN(C)C)cc2-c2ccncc2)ccc1Cl. The average Bonchev–Trinajstić information content (AvgIpc) is 3.14. The quantitative estimate of drug-likeness (QED) is 0.687. The van der Waals surface area contributed by atoms with E-state index in [0.29, 0.717) is 23.0 Å². The number of carbonyl (C=O) groups excluding carboxylic acids is 1. The van der Waals surface area contributed by atoms with Crippen molar-refractivity contribution in [1.29, 1.82) is 0 Å². The Morgan fingerprint density at radius 3 is 2.64 bits per heavy atom. The molecule has 0 radical (unpaired) electrons. The molecule has 0 aliphatic rings. The lowest BCUT2D eigenvalue weighted by Gasteiger charge is -2.10. The maximum absolute atomic E-state index is 12.5. The van der Waals surface area contributed by atoms with E-state index in [1.54, 1.807) is 31.8 Å². The van der Waals surface area contributed by atoms with Crippen LogP contribution in [0.2, 0.25) is 5.02 Å². The fraction of sp³-hybridized carbons (Fsp3) is 0.250. The number of hydrogen-bond donors (Lipinski definition) is 1. The first-order valence-corrected chi connectivity index (χ1v) is 9.14. The summed E-state index contributed by atoms with van der Waals surface area (Å²) in [4.78, 5) is 18.6. The average molecular weight is 400 g/mol. The highest BCUT2D eigenvalue weighted by atomic mass is 35.5. The van der Waals surface area contributed by atoms with Gasteiger partial charge in [0.1, 0.15) is 11.4 Å². The first-order valence-electron chi connectivity index (χ1n) is 8.76. The van der Waals surface area contributed by atoms with Crippen LogP contribution in [-0.4, -0.2) is 60.0 Å². The minimum Gasteiger partial charge on any atom is -0.495 e. The minimum absolute atomic E-state index is 0.288. The number of nitrogens with zero attached hydrogens (tertiary/aromatic N) is 4. The fourth-order valence-corrected chi connectivity index (χ4v) is 2.90. The van der Waals surface area contributed by atoms with Gasteiger partial charge in [-0.15, -0.1) is 0 Å². The lowest BCUT2D eigenvalue weighted by Crippen LogP contribution is -2.34. The number of likely N-dealkylation sites (N-methyl/N-ethyl adjacent to an activating group) is 1. The molecule has 0 unspecified atom stereocenters. The van der Waals surface area contributed by atoms with Gasteiger partial charge < -0.3 is 15.0 Å². The number of halogens is 1. The van der Waals surface area contributed by atoms with E-state index in [4.69, 9.17) is 16.3 Å². The third-order valence-corrected chi connectivity index (χ3v) is 4.49. The van der Waals surface area contributed by atoms with Crippen LogP contribution in [-0.2, 0) is 0 Å². The van der Waals surface area contributed by atoms with Gasteiger partial charge in [-0.2, -0.15) is 9.78 Å². The van der Waals surface area contributed by atoms with E-state index >= 15 is 0 Å². The Balaban J connectivity index is 2.00. The van der Waals surface area contributed by atoms with Crippen LogP contribution in [0.4, 0.5) is 4.79 Å². The Morgan fingerprint density at radius 2 is 1.96 bits per heavy atom. The Kier molecular flexibility index (Phi) is 6.28. The molecule has 28 heavy (non-hydrogen) atoms. The highest BCUT2D eigenvalue weighted by molar-refractivity contribution is 6.32. The predicted octanol–water partition coefficient (Wildman–Crippen LogP) is 3.39. The van der Waals surface area contributed by atoms with E-state index in [9.17, 15) is 4.79 Å². The second-order valence-electron chi connectivity index (χ2n) is 6.46. The summed E-state index contributed by atoms with van der Waals surface area (Å²) < 4.78 is 6.64. The largest absolute Gasteiger partial charge is 0.495 e. The number of hydrogen-bond acceptors (Lipinski definition) is 5. The number of aromatic nitrogens is 3. The Hall–Kier alpha value is -2.90. The van der Waals surface area contributed by atoms with Gasteiger partial charge in [-0.1, -0.05) is 17.7 Å². The molecule has 0 aliphatic heterocycles. The number of rotatable bonds is 6. The number of ether oxygens (including phenoxy) is 1. The summed E-state index contributed by atoms with van der Waals surface area (Å²) in [6.07, 6.45) is 5.13. The van der Waals surface area contributed by atoms with Gasteiger partial charge in [0.25, 0.3) is 0 Å². The second kappa shape index (κ2) is 8.86. The molecule has 1 aromatic carbocycles. The van der Waals surface area contributed by atoms with Crippen molar-refractivity contribution in [2.24, 2.45) is 0 Å². The Labute approximate surface area is 168 Å². The van der Waals surface area contributed by atoms with Crippen molar-refractivity contribution in [1.82, 2.24) is 25.0 Å². The summed E-state index contributed by atoms with van der Waals surface area (Å²) in [5.41, 5.74) is 3.18. The molecule has 0 bridgehead atoms. The Morgan fingerprint density at radius 1 is 1.21 bits per heavy atom. The van der Waals surface area contributed by atoms with Gasteiger partial charge in [0, 0.05) is 42.8 Å². The smallest absolute Gasteiger partial charge is 0.342 e. The van der Waals surface area contributed by atoms with Crippen molar-refractivity contribution in [2.75, 3.05) is 34.3 Å². The predicted molar refractivity (Wildman–Crippen MR) is 110 cm³/mol. The molecule has 0 spiro atoms. The van der Waals surface area contributed by atoms with Crippen molar-refractivity contribution < 1.29 is 9.53 Å². The monoisotopic (exact) mass is 399 g/mol. The van der Waals surface area contributed by atoms with Gasteiger partial charge in [-0.3, -0.25) is 4.98 Å². The third kappa shape index (κ3) is 4.49. The molecule has 2 heterocycles. The van der Waals surface area contributed by atoms with Crippen LogP contribution in [0.1, 0.15) is 0 Å². The maximum atomic E-state index is 12.5. The van der Waals surface area contributed by atoms with Crippen LogP contribution in [0, 0.1) is 0 Å². The van der Waals surface area contributed by atoms with Crippen LogP contribution in [0.15, 0.2) is 48.9 Å². The summed E-state index contributed by atoms with van der Waals surface area (Å²) >= 11 is 6.15. The van der Waals surface area contributed by atoms with Gasteiger partial charge in [0.15, 0.2) is 0 Å². The number of pyridine rings is 1. The minimum atomic E-state index is -0.288. The molecular weight excluding hydrogens is 378 g/mol. The van der Waals surface area contributed by atoms with Crippen molar-refractivity contribution in [3.05, 3.63) is 53.9 Å². The molecule has 1 amide bonds. The van der Waals surface area contributed by atoms with Crippen molar-refractivity contribution in [2.45, 2.75) is 0 Å². The summed E-state index contributed by atoms with van der Waals surface area (Å²) in [6.45, 7) is 1.27. The first-order chi connectivity index (χ1) is 13.5. The van der Waals surface area contributed by atoms with Crippen LogP contribution >= 0.6 is 11.6 Å². The Bertz CT molecular complexity index is 956. The second-order valence-corrected chi connectivity index (χ2v) is 6.86. The highest BCUT2D eigenvalue weighted by Crippen LogP contribution is 2.35. The number of nitrogens with one attached hydrogen (secondary N) is 1. The van der Waals surface area contributed by atoms with Crippen molar-refractivity contribution >= 4 is 17.6 Å². The number of methoxy groups -OCH3 is 1. The number of carbonyl (C=O) groups is 1. The number of amides is 1. The fourth-order valence-electron chi connectivity index (χ4n) is 2.71. The summed E-state index contributed by atoms with van der Waals surface area (Å²) in [5.74, 6) is 0.546. The van der Waals surface area contributed by atoms with E-state index in [2.05, 4.69) is 15.4 Å². The van der Waals surface area contributed by atoms with Crippen LogP contribution < -0.4 is 10.1 Å². The zero-order valence-electron chi connectivity index (χ0n) is 16.0. The van der Waals surface area contributed by atoms with E-state index in [0.717, 1.165) is 23.2 Å². The summed E-state index contributed by atoms with van der Waals surface area (Å²) in [5, 5.41) is 7.91. The molecule has 0 fully saturated rings. The van der Waals surface area contributed by atoms with Gasteiger partial charge in [-0.25, -0.2) is 4.79 Å². The molecule has 7 nitrogen and oxygen atoms in total. The van der Waals surface area contributed by atoms with Crippen LogP contribution in [0.3, 0.4) is 0 Å². The van der Waals surface area contributed by atoms with E-state index in [1.807, 2.05) is 43.3 Å². The van der Waals surface area contributed by atoms with E-state index in [-0.39, 0.29) is 6.03 Å². The molecular formula is C20H22ClN5O2. The molecule has 3 aromatic rings. The van der Waals surface area contributed by atoms with E-state index in [1.165, 1.54) is 4.68 Å². The topological polar surface area (TPSA) is 72.3 Å². The van der Waals surface area contributed by atoms with Gasteiger partial charge in [-0.05, 0) is 43.9 Å². The molecule has 2 aromatic heterocycles.